The molecule has 1 aliphatic heterocycles. The van der Waals surface area contributed by atoms with Gasteiger partial charge in [0.05, 0.1) is 50.2 Å². The molecule has 0 spiro atoms. The van der Waals surface area contributed by atoms with Crippen LogP contribution in [0.2, 0.25) is 0 Å². The molecule has 0 aromatic carbocycles. The van der Waals surface area contributed by atoms with E-state index in [1.807, 2.05) is 13.8 Å². The smallest absolute Gasteiger partial charge is 0.309 e. The largest absolute Gasteiger partial charge is 0.460 e. The van der Waals surface area contributed by atoms with Gasteiger partial charge in [0.1, 0.15) is 6.10 Å². The Hall–Kier alpha value is -0.690. The molecule has 1 aliphatic carbocycles. The first-order chi connectivity index (χ1) is 10.5. The van der Waals surface area contributed by atoms with Gasteiger partial charge in [0, 0.05) is 0 Å². The zero-order valence-electron chi connectivity index (χ0n) is 13.7. The van der Waals surface area contributed by atoms with Crippen LogP contribution in [0.4, 0.5) is 0 Å². The van der Waals surface area contributed by atoms with Gasteiger partial charge in [-0.1, -0.05) is 0 Å². The van der Waals surface area contributed by atoms with Gasteiger partial charge in [0.2, 0.25) is 0 Å². The minimum absolute atomic E-state index is 0.00626. The minimum Gasteiger partial charge on any atom is -0.460 e. The molecule has 6 heteroatoms. The van der Waals surface area contributed by atoms with Crippen molar-refractivity contribution in [2.75, 3.05) is 19.8 Å². The van der Waals surface area contributed by atoms with Crippen molar-refractivity contribution in [1.29, 1.82) is 0 Å². The van der Waals surface area contributed by atoms with Crippen molar-refractivity contribution >= 4 is 5.97 Å². The number of carbonyl (C=O) groups excluding carboxylic acids is 1. The molecule has 0 aromatic rings. The molecular weight excluding hydrogens is 288 g/mol. The molecule has 0 aromatic heterocycles. The van der Waals surface area contributed by atoms with Crippen LogP contribution in [0.1, 0.15) is 40.0 Å². The van der Waals surface area contributed by atoms with Crippen LogP contribution in [-0.4, -0.2) is 61.4 Å². The molecule has 0 radical (unpaired) electrons. The Kier molecular flexibility index (Phi) is 6.62. The van der Waals surface area contributed by atoms with Crippen LogP contribution in [0.15, 0.2) is 0 Å². The summed E-state index contributed by atoms with van der Waals surface area (Å²) in [6, 6.07) is 0. The molecule has 6 nitrogen and oxygen atoms in total. The van der Waals surface area contributed by atoms with Crippen LogP contribution >= 0.6 is 0 Å². The average Bonchev–Trinajstić information content (AvgIpc) is 3.28. The summed E-state index contributed by atoms with van der Waals surface area (Å²) in [5.74, 6) is -0.166. The first-order valence-corrected chi connectivity index (χ1v) is 8.19. The highest BCUT2D eigenvalue weighted by atomic mass is 16.6. The SMILES string of the molecule is CC(CO)OCC(C)OCC(C)OC(=O)C1CCC2OC2C1. The van der Waals surface area contributed by atoms with Gasteiger partial charge >= 0.3 is 5.97 Å². The van der Waals surface area contributed by atoms with Gasteiger partial charge in [0.25, 0.3) is 0 Å². The van der Waals surface area contributed by atoms with E-state index in [4.69, 9.17) is 24.1 Å². The van der Waals surface area contributed by atoms with Crippen molar-refractivity contribution in [2.24, 2.45) is 5.92 Å². The number of rotatable bonds is 9. The number of carbonyl (C=O) groups is 1. The van der Waals surface area contributed by atoms with E-state index in [1.54, 1.807) is 6.92 Å². The van der Waals surface area contributed by atoms with Gasteiger partial charge in [-0.15, -0.1) is 0 Å². The minimum atomic E-state index is -0.275. The summed E-state index contributed by atoms with van der Waals surface area (Å²) in [6.45, 7) is 6.28. The van der Waals surface area contributed by atoms with E-state index in [0.717, 1.165) is 19.3 Å². The lowest BCUT2D eigenvalue weighted by Crippen LogP contribution is -2.30. The number of ether oxygens (including phenoxy) is 4. The topological polar surface area (TPSA) is 77.5 Å². The van der Waals surface area contributed by atoms with Gasteiger partial charge in [-0.3, -0.25) is 4.79 Å². The Morgan fingerprint density at radius 3 is 2.45 bits per heavy atom. The summed E-state index contributed by atoms with van der Waals surface area (Å²) < 4.78 is 21.9. The molecule has 0 amide bonds. The number of hydrogen-bond donors (Lipinski definition) is 1. The normalized spacial score (nSPS) is 31.0. The molecule has 2 fully saturated rings. The molecule has 22 heavy (non-hydrogen) atoms. The quantitative estimate of drug-likeness (QED) is 0.510. The number of esters is 1. The van der Waals surface area contributed by atoms with Crippen LogP contribution in [0.25, 0.3) is 0 Å². The fourth-order valence-corrected chi connectivity index (χ4v) is 2.65. The van der Waals surface area contributed by atoms with E-state index in [2.05, 4.69) is 0 Å². The van der Waals surface area contributed by atoms with E-state index in [9.17, 15) is 4.79 Å². The highest BCUT2D eigenvalue weighted by Crippen LogP contribution is 2.39. The highest BCUT2D eigenvalue weighted by Gasteiger charge is 2.46. The second-order valence-electron chi connectivity index (χ2n) is 6.44. The number of aliphatic hydroxyl groups is 1. The fraction of sp³-hybridized carbons (Fsp3) is 0.938. The number of hydrogen-bond acceptors (Lipinski definition) is 6. The Balaban J connectivity index is 1.58. The molecular formula is C16H28O6. The van der Waals surface area contributed by atoms with Crippen molar-refractivity contribution in [3.63, 3.8) is 0 Å². The van der Waals surface area contributed by atoms with Crippen LogP contribution in [0.3, 0.4) is 0 Å². The second-order valence-corrected chi connectivity index (χ2v) is 6.44. The highest BCUT2D eigenvalue weighted by molar-refractivity contribution is 5.73. The van der Waals surface area contributed by atoms with E-state index in [-0.39, 0.29) is 42.9 Å². The summed E-state index contributed by atoms with van der Waals surface area (Å²) in [5.41, 5.74) is 0. The molecule has 128 valence electrons. The zero-order chi connectivity index (χ0) is 16.1. The van der Waals surface area contributed by atoms with Gasteiger partial charge in [0.15, 0.2) is 0 Å². The molecule has 2 rings (SSSR count). The number of epoxide rings is 1. The van der Waals surface area contributed by atoms with Crippen molar-refractivity contribution < 1.29 is 28.8 Å². The lowest BCUT2D eigenvalue weighted by Gasteiger charge is -2.22. The van der Waals surface area contributed by atoms with Gasteiger partial charge < -0.3 is 24.1 Å². The Morgan fingerprint density at radius 2 is 1.77 bits per heavy atom. The summed E-state index contributed by atoms with van der Waals surface area (Å²) in [7, 11) is 0. The Morgan fingerprint density at radius 1 is 1.09 bits per heavy atom. The van der Waals surface area contributed by atoms with Gasteiger partial charge in [-0.25, -0.2) is 0 Å². The standard InChI is InChI=1S/C16H28O6/c1-10(7-17)19-8-11(2)20-9-12(3)21-16(18)13-4-5-14-15(6-13)22-14/h10-15,17H,4-9H2,1-3H3. The van der Waals surface area contributed by atoms with Crippen LogP contribution in [-0.2, 0) is 23.7 Å². The predicted molar refractivity (Wildman–Crippen MR) is 79.5 cm³/mol. The maximum atomic E-state index is 12.1. The third kappa shape index (κ3) is 5.50. The third-order valence-electron chi connectivity index (χ3n) is 4.14. The van der Waals surface area contributed by atoms with Gasteiger partial charge in [-0.05, 0) is 40.0 Å². The van der Waals surface area contributed by atoms with Crippen LogP contribution < -0.4 is 0 Å². The van der Waals surface area contributed by atoms with Crippen molar-refractivity contribution in [3.05, 3.63) is 0 Å². The summed E-state index contributed by atoms with van der Waals surface area (Å²) in [6.07, 6.45) is 2.72. The van der Waals surface area contributed by atoms with E-state index < -0.39 is 0 Å². The van der Waals surface area contributed by atoms with Crippen LogP contribution in [0.5, 0.6) is 0 Å². The zero-order valence-corrected chi connectivity index (χ0v) is 13.7. The fourth-order valence-electron chi connectivity index (χ4n) is 2.65. The van der Waals surface area contributed by atoms with E-state index >= 15 is 0 Å². The van der Waals surface area contributed by atoms with Crippen molar-refractivity contribution in [3.8, 4) is 0 Å². The lowest BCUT2D eigenvalue weighted by atomic mass is 9.89. The monoisotopic (exact) mass is 316 g/mol. The molecule has 0 bridgehead atoms. The molecule has 2 aliphatic rings. The van der Waals surface area contributed by atoms with E-state index in [0.29, 0.717) is 19.3 Å². The first kappa shape index (κ1) is 17.7. The summed E-state index contributed by atoms with van der Waals surface area (Å²) in [4.78, 5) is 12.1. The molecule has 1 saturated heterocycles. The number of aliphatic hydroxyl groups excluding tert-OH is 1. The average molecular weight is 316 g/mol. The summed E-state index contributed by atoms with van der Waals surface area (Å²) >= 11 is 0. The van der Waals surface area contributed by atoms with E-state index in [1.165, 1.54) is 0 Å². The summed E-state index contributed by atoms with van der Waals surface area (Å²) in [5, 5.41) is 8.88. The maximum absolute atomic E-state index is 12.1. The molecule has 1 heterocycles. The molecule has 1 N–H and O–H groups in total. The third-order valence-corrected chi connectivity index (χ3v) is 4.14. The Labute approximate surface area is 132 Å². The Bertz CT molecular complexity index is 361. The first-order valence-electron chi connectivity index (χ1n) is 8.19. The molecule has 1 saturated carbocycles. The van der Waals surface area contributed by atoms with Crippen molar-refractivity contribution in [1.82, 2.24) is 0 Å². The lowest BCUT2D eigenvalue weighted by molar-refractivity contribution is -0.158. The predicted octanol–water partition coefficient (Wildman–Crippen LogP) is 1.29. The number of fused-ring (bicyclic) bond motifs is 1. The van der Waals surface area contributed by atoms with Crippen molar-refractivity contribution in [2.45, 2.75) is 70.6 Å². The molecule has 6 unspecified atom stereocenters. The molecule has 6 atom stereocenters. The van der Waals surface area contributed by atoms with Crippen LogP contribution in [0, 0.1) is 5.92 Å². The second kappa shape index (κ2) is 8.24. The maximum Gasteiger partial charge on any atom is 0.309 e. The van der Waals surface area contributed by atoms with Gasteiger partial charge in [-0.2, -0.15) is 0 Å².